The maximum absolute atomic E-state index is 4.82. The number of pyridine rings is 1. The van der Waals surface area contributed by atoms with Crippen LogP contribution in [0.4, 0.5) is 5.69 Å². The first kappa shape index (κ1) is 13.9. The summed E-state index contributed by atoms with van der Waals surface area (Å²) in [5.41, 5.74) is 3.31. The van der Waals surface area contributed by atoms with Gasteiger partial charge in [0.2, 0.25) is 0 Å². The second-order valence-corrected chi connectivity index (χ2v) is 6.83. The van der Waals surface area contributed by atoms with Crippen molar-refractivity contribution in [1.29, 1.82) is 0 Å². The number of hydrogen-bond acceptors (Lipinski definition) is 5. The molecule has 4 heterocycles. The van der Waals surface area contributed by atoms with Crippen molar-refractivity contribution in [2.75, 3.05) is 18.0 Å². The monoisotopic (exact) mass is 320 g/mol. The Labute approximate surface area is 140 Å². The van der Waals surface area contributed by atoms with E-state index in [4.69, 9.17) is 5.10 Å². The normalized spacial score (nSPS) is 19.1. The van der Waals surface area contributed by atoms with Crippen LogP contribution in [0.15, 0.2) is 36.7 Å². The molecule has 5 rings (SSSR count). The first-order valence-corrected chi connectivity index (χ1v) is 8.76. The molecular weight excluding hydrogens is 300 g/mol. The van der Waals surface area contributed by atoms with Gasteiger partial charge in [0.05, 0.1) is 5.69 Å². The molecule has 122 valence electrons. The van der Waals surface area contributed by atoms with Gasteiger partial charge >= 0.3 is 0 Å². The van der Waals surface area contributed by atoms with E-state index in [1.54, 1.807) is 0 Å². The second kappa shape index (κ2) is 5.54. The van der Waals surface area contributed by atoms with Crippen molar-refractivity contribution in [2.45, 2.75) is 37.5 Å². The largest absolute Gasteiger partial charge is 0.371 e. The highest BCUT2D eigenvalue weighted by Gasteiger charge is 2.28. The molecule has 1 saturated heterocycles. The maximum Gasteiger partial charge on any atom is 0.177 e. The molecule has 1 saturated carbocycles. The molecule has 0 N–H and O–H groups in total. The zero-order valence-corrected chi connectivity index (χ0v) is 13.5. The number of piperidine rings is 1. The SMILES string of the molecule is c1cc(N2CCC(c3nnc4ccc(C5CC5)nn34)CC2)ccn1. The maximum atomic E-state index is 4.82. The Hall–Kier alpha value is -2.50. The Morgan fingerprint density at radius 1 is 0.833 bits per heavy atom. The summed E-state index contributed by atoms with van der Waals surface area (Å²) in [6, 6.07) is 8.33. The number of aromatic nitrogens is 5. The lowest BCUT2D eigenvalue weighted by Gasteiger charge is -2.32. The third-order valence-electron chi connectivity index (χ3n) is 5.19. The molecule has 24 heavy (non-hydrogen) atoms. The van der Waals surface area contributed by atoms with E-state index in [-0.39, 0.29) is 0 Å². The molecule has 0 amide bonds. The van der Waals surface area contributed by atoms with Crippen molar-refractivity contribution in [3.05, 3.63) is 48.2 Å². The van der Waals surface area contributed by atoms with Gasteiger partial charge in [0.1, 0.15) is 0 Å². The van der Waals surface area contributed by atoms with Gasteiger partial charge in [0.15, 0.2) is 11.5 Å². The van der Waals surface area contributed by atoms with Gasteiger partial charge in [-0.1, -0.05) is 0 Å². The molecule has 0 aromatic carbocycles. The van der Waals surface area contributed by atoms with Crippen molar-refractivity contribution in [3.63, 3.8) is 0 Å². The molecule has 0 radical (unpaired) electrons. The summed E-state index contributed by atoms with van der Waals surface area (Å²) in [6.07, 6.45) is 8.41. The lowest BCUT2D eigenvalue weighted by molar-refractivity contribution is 0.476. The smallest absolute Gasteiger partial charge is 0.177 e. The number of anilines is 1. The Kier molecular flexibility index (Phi) is 3.21. The van der Waals surface area contributed by atoms with E-state index in [1.807, 2.05) is 16.9 Å². The third-order valence-corrected chi connectivity index (χ3v) is 5.19. The van der Waals surface area contributed by atoms with E-state index >= 15 is 0 Å². The molecule has 1 aliphatic heterocycles. The Morgan fingerprint density at radius 2 is 1.62 bits per heavy atom. The zero-order chi connectivity index (χ0) is 15.9. The Bertz CT molecular complexity index is 846. The molecule has 6 nitrogen and oxygen atoms in total. The minimum absolute atomic E-state index is 0.431. The van der Waals surface area contributed by atoms with E-state index in [2.05, 4.69) is 44.3 Å². The van der Waals surface area contributed by atoms with Crippen LogP contribution in [0.2, 0.25) is 0 Å². The minimum atomic E-state index is 0.431. The van der Waals surface area contributed by atoms with E-state index in [0.29, 0.717) is 11.8 Å². The lowest BCUT2D eigenvalue weighted by atomic mass is 9.96. The first-order chi connectivity index (χ1) is 11.9. The van der Waals surface area contributed by atoms with Gasteiger partial charge in [-0.2, -0.15) is 9.61 Å². The summed E-state index contributed by atoms with van der Waals surface area (Å²) >= 11 is 0. The minimum Gasteiger partial charge on any atom is -0.371 e. The fraction of sp³-hybridized carbons (Fsp3) is 0.444. The molecule has 0 bridgehead atoms. The van der Waals surface area contributed by atoms with Crippen LogP contribution in [0.25, 0.3) is 5.65 Å². The van der Waals surface area contributed by atoms with Crippen LogP contribution in [0, 0.1) is 0 Å². The van der Waals surface area contributed by atoms with Crippen molar-refractivity contribution >= 4 is 11.3 Å². The molecule has 6 heteroatoms. The fourth-order valence-corrected chi connectivity index (χ4v) is 3.62. The Morgan fingerprint density at radius 3 is 2.38 bits per heavy atom. The number of hydrogen-bond donors (Lipinski definition) is 0. The van der Waals surface area contributed by atoms with E-state index in [1.165, 1.54) is 24.2 Å². The van der Waals surface area contributed by atoms with Crippen LogP contribution in [0.1, 0.15) is 49.0 Å². The molecular formula is C18H20N6. The molecule has 2 aliphatic rings. The number of rotatable bonds is 3. The summed E-state index contributed by atoms with van der Waals surface area (Å²) in [6.45, 7) is 2.07. The summed E-state index contributed by atoms with van der Waals surface area (Å²) in [7, 11) is 0. The van der Waals surface area contributed by atoms with Gasteiger partial charge in [-0.3, -0.25) is 4.98 Å². The van der Waals surface area contributed by atoms with Crippen molar-refractivity contribution in [1.82, 2.24) is 24.8 Å². The highest BCUT2D eigenvalue weighted by molar-refractivity contribution is 5.45. The second-order valence-electron chi connectivity index (χ2n) is 6.83. The van der Waals surface area contributed by atoms with Gasteiger partial charge in [-0.25, -0.2) is 0 Å². The summed E-state index contributed by atoms with van der Waals surface area (Å²) in [4.78, 5) is 6.52. The Balaban J connectivity index is 1.38. The quantitative estimate of drug-likeness (QED) is 0.742. The van der Waals surface area contributed by atoms with Gasteiger partial charge in [0, 0.05) is 43.0 Å². The van der Waals surface area contributed by atoms with Gasteiger partial charge in [-0.15, -0.1) is 10.2 Å². The topological polar surface area (TPSA) is 59.2 Å². The molecule has 0 spiro atoms. The molecule has 3 aromatic heterocycles. The van der Waals surface area contributed by atoms with Crippen LogP contribution in [-0.2, 0) is 0 Å². The van der Waals surface area contributed by atoms with Gasteiger partial charge in [-0.05, 0) is 49.9 Å². The molecule has 2 fully saturated rings. The predicted molar refractivity (Wildman–Crippen MR) is 91.2 cm³/mol. The average Bonchev–Trinajstić information content (AvgIpc) is 3.42. The zero-order valence-electron chi connectivity index (χ0n) is 13.5. The number of nitrogens with zero attached hydrogens (tertiary/aromatic N) is 6. The molecule has 0 atom stereocenters. The molecule has 1 aliphatic carbocycles. The lowest BCUT2D eigenvalue weighted by Crippen LogP contribution is -2.33. The van der Waals surface area contributed by atoms with Crippen molar-refractivity contribution in [2.24, 2.45) is 0 Å². The highest BCUT2D eigenvalue weighted by Crippen LogP contribution is 2.39. The average molecular weight is 320 g/mol. The first-order valence-electron chi connectivity index (χ1n) is 8.76. The molecule has 3 aromatic rings. The van der Waals surface area contributed by atoms with Crippen LogP contribution < -0.4 is 4.90 Å². The number of fused-ring (bicyclic) bond motifs is 1. The van der Waals surface area contributed by atoms with E-state index in [9.17, 15) is 0 Å². The summed E-state index contributed by atoms with van der Waals surface area (Å²) < 4.78 is 1.99. The van der Waals surface area contributed by atoms with Crippen LogP contribution in [0.5, 0.6) is 0 Å². The van der Waals surface area contributed by atoms with Gasteiger partial charge < -0.3 is 4.90 Å². The molecule has 0 unspecified atom stereocenters. The highest BCUT2D eigenvalue weighted by atomic mass is 15.4. The summed E-state index contributed by atoms with van der Waals surface area (Å²) in [5.74, 6) is 2.11. The van der Waals surface area contributed by atoms with Crippen LogP contribution >= 0.6 is 0 Å². The fourth-order valence-electron chi connectivity index (χ4n) is 3.62. The van der Waals surface area contributed by atoms with Gasteiger partial charge in [0.25, 0.3) is 0 Å². The standard InChI is InChI=1S/C18H20N6/c1-2-13(1)16-3-4-17-20-21-18(24(17)22-16)14-7-11-23(12-8-14)15-5-9-19-10-6-15/h3-6,9-10,13-14H,1-2,7-8,11-12H2. The van der Waals surface area contributed by atoms with Crippen molar-refractivity contribution < 1.29 is 0 Å². The van der Waals surface area contributed by atoms with Crippen LogP contribution in [-0.4, -0.2) is 37.9 Å². The predicted octanol–water partition coefficient (Wildman–Crippen LogP) is 2.78. The van der Waals surface area contributed by atoms with E-state index in [0.717, 1.165) is 37.4 Å². The van der Waals surface area contributed by atoms with Crippen molar-refractivity contribution in [3.8, 4) is 0 Å². The third kappa shape index (κ3) is 2.42. The van der Waals surface area contributed by atoms with Crippen LogP contribution in [0.3, 0.4) is 0 Å². The summed E-state index contributed by atoms with van der Waals surface area (Å²) in [5, 5.41) is 13.6. The van der Waals surface area contributed by atoms with E-state index < -0.39 is 0 Å².